The maximum Gasteiger partial charge on any atom is 0.106 e. The van der Waals surface area contributed by atoms with Crippen molar-refractivity contribution >= 4 is 23.2 Å². The fraction of sp³-hybridized carbons (Fsp3) is 0.0588. The molecule has 2 N–H and O–H groups in total. The van der Waals surface area contributed by atoms with E-state index in [4.69, 9.17) is 23.2 Å². The summed E-state index contributed by atoms with van der Waals surface area (Å²) in [5, 5.41) is 11.9. The number of H-pyrrole nitrogens is 1. The van der Waals surface area contributed by atoms with Crippen LogP contribution < -0.4 is 0 Å². The van der Waals surface area contributed by atoms with E-state index in [1.807, 2.05) is 48.8 Å². The van der Waals surface area contributed by atoms with Gasteiger partial charge in [-0.05, 0) is 35.4 Å². The molecule has 0 aliphatic carbocycles. The van der Waals surface area contributed by atoms with E-state index >= 15 is 0 Å². The summed E-state index contributed by atoms with van der Waals surface area (Å²) in [6.07, 6.45) is 2.97. The number of hydrogen-bond acceptors (Lipinski definition) is 1. The lowest BCUT2D eigenvalue weighted by Crippen LogP contribution is -1.99. The van der Waals surface area contributed by atoms with Gasteiger partial charge in [-0.3, -0.25) is 0 Å². The summed E-state index contributed by atoms with van der Waals surface area (Å²) < 4.78 is 0. The van der Waals surface area contributed by atoms with Crippen molar-refractivity contribution in [3.63, 3.8) is 0 Å². The van der Waals surface area contributed by atoms with Crippen LogP contribution in [0.5, 0.6) is 0 Å². The molecule has 0 bridgehead atoms. The molecule has 3 aromatic rings. The molecule has 0 aliphatic heterocycles. The van der Waals surface area contributed by atoms with Crippen molar-refractivity contribution in [1.29, 1.82) is 0 Å². The van der Waals surface area contributed by atoms with E-state index in [1.165, 1.54) is 0 Å². The van der Waals surface area contributed by atoms with Gasteiger partial charge in [-0.15, -0.1) is 0 Å². The molecule has 21 heavy (non-hydrogen) atoms. The molecule has 0 fully saturated rings. The number of aromatic amines is 1. The van der Waals surface area contributed by atoms with Gasteiger partial charge in [0.05, 0.1) is 0 Å². The minimum Gasteiger partial charge on any atom is -0.384 e. The molecular formula is C17H13Cl2NO. The predicted octanol–water partition coefficient (Wildman–Crippen LogP) is 5.07. The molecular weight excluding hydrogens is 305 g/mol. The summed E-state index contributed by atoms with van der Waals surface area (Å²) in [5.74, 6) is 0. The third kappa shape index (κ3) is 2.98. The minimum atomic E-state index is -0.709. The highest BCUT2D eigenvalue weighted by molar-refractivity contribution is 6.30. The average molecular weight is 318 g/mol. The van der Waals surface area contributed by atoms with Crippen molar-refractivity contribution in [1.82, 2.24) is 4.98 Å². The van der Waals surface area contributed by atoms with Gasteiger partial charge in [0.2, 0.25) is 0 Å². The molecule has 4 heteroatoms. The second kappa shape index (κ2) is 5.94. The Morgan fingerprint density at radius 3 is 2.00 bits per heavy atom. The lowest BCUT2D eigenvalue weighted by atomic mass is 9.97. The summed E-state index contributed by atoms with van der Waals surface area (Å²) in [4.78, 5) is 3.05. The van der Waals surface area contributed by atoms with E-state index in [1.54, 1.807) is 12.1 Å². The highest BCUT2D eigenvalue weighted by Gasteiger charge is 2.16. The highest BCUT2D eigenvalue weighted by atomic mass is 35.5. The molecule has 3 rings (SSSR count). The number of benzene rings is 2. The molecule has 2 nitrogen and oxygen atoms in total. The van der Waals surface area contributed by atoms with Crippen molar-refractivity contribution in [3.05, 3.63) is 82.1 Å². The fourth-order valence-electron chi connectivity index (χ4n) is 2.31. The first-order chi connectivity index (χ1) is 10.1. The average Bonchev–Trinajstić information content (AvgIpc) is 2.97. The van der Waals surface area contributed by atoms with Crippen molar-refractivity contribution in [2.24, 2.45) is 0 Å². The molecule has 106 valence electrons. The predicted molar refractivity (Wildman–Crippen MR) is 86.8 cm³/mol. The first-order valence-corrected chi connectivity index (χ1v) is 7.27. The van der Waals surface area contributed by atoms with E-state index in [0.717, 1.165) is 22.3 Å². The van der Waals surface area contributed by atoms with Crippen LogP contribution in [0.4, 0.5) is 0 Å². The first kappa shape index (κ1) is 14.2. The molecule has 1 atom stereocenters. The Bertz CT molecular complexity index is 732. The van der Waals surface area contributed by atoms with Gasteiger partial charge >= 0.3 is 0 Å². The Labute approximate surface area is 133 Å². The third-order valence-corrected chi connectivity index (χ3v) is 3.92. The zero-order chi connectivity index (χ0) is 14.8. The molecule has 1 aromatic heterocycles. The molecule has 0 spiro atoms. The maximum atomic E-state index is 10.6. The minimum absolute atomic E-state index is 0.651. The lowest BCUT2D eigenvalue weighted by molar-refractivity contribution is 0.221. The Kier molecular flexibility index (Phi) is 4.02. The van der Waals surface area contributed by atoms with Crippen molar-refractivity contribution in [2.45, 2.75) is 6.10 Å². The molecule has 2 aromatic carbocycles. The molecule has 0 unspecified atom stereocenters. The van der Waals surface area contributed by atoms with E-state index in [0.29, 0.717) is 10.0 Å². The van der Waals surface area contributed by atoms with Gasteiger partial charge in [-0.25, -0.2) is 0 Å². The Morgan fingerprint density at radius 2 is 1.38 bits per heavy atom. The van der Waals surface area contributed by atoms with Gasteiger partial charge in [0, 0.05) is 33.6 Å². The van der Waals surface area contributed by atoms with Crippen LogP contribution in [0.2, 0.25) is 10.0 Å². The maximum absolute atomic E-state index is 10.6. The number of halogens is 2. The molecule has 0 saturated heterocycles. The number of hydrogen-bond donors (Lipinski definition) is 2. The number of aromatic nitrogens is 1. The molecule has 0 aliphatic rings. The number of aliphatic hydroxyl groups is 1. The van der Waals surface area contributed by atoms with Gasteiger partial charge < -0.3 is 10.1 Å². The van der Waals surface area contributed by atoms with Crippen LogP contribution in [-0.4, -0.2) is 10.1 Å². The summed E-state index contributed by atoms with van der Waals surface area (Å²) in [5.41, 5.74) is 3.58. The van der Waals surface area contributed by atoms with E-state index < -0.39 is 6.10 Å². The summed E-state index contributed by atoms with van der Waals surface area (Å²) in [6, 6.07) is 14.7. The van der Waals surface area contributed by atoms with Gasteiger partial charge in [-0.1, -0.05) is 47.5 Å². The van der Waals surface area contributed by atoms with Crippen molar-refractivity contribution in [2.75, 3.05) is 0 Å². The molecule has 0 amide bonds. The smallest absolute Gasteiger partial charge is 0.106 e. The second-order valence-electron chi connectivity index (χ2n) is 4.79. The quantitative estimate of drug-likeness (QED) is 0.695. The zero-order valence-electron chi connectivity index (χ0n) is 11.1. The molecule has 1 heterocycles. The number of rotatable bonds is 3. The van der Waals surface area contributed by atoms with Gasteiger partial charge in [0.25, 0.3) is 0 Å². The summed E-state index contributed by atoms with van der Waals surface area (Å²) in [6.45, 7) is 0. The van der Waals surface area contributed by atoms with Crippen LogP contribution in [0.25, 0.3) is 11.1 Å². The number of aliphatic hydroxyl groups excluding tert-OH is 1. The molecule has 0 radical (unpaired) electrons. The Hall–Kier alpha value is -1.74. The van der Waals surface area contributed by atoms with Crippen molar-refractivity contribution < 1.29 is 5.11 Å². The van der Waals surface area contributed by atoms with Crippen molar-refractivity contribution in [3.8, 4) is 11.1 Å². The van der Waals surface area contributed by atoms with Crippen LogP contribution in [0, 0.1) is 0 Å². The monoisotopic (exact) mass is 317 g/mol. The van der Waals surface area contributed by atoms with Gasteiger partial charge in [0.15, 0.2) is 0 Å². The first-order valence-electron chi connectivity index (χ1n) is 6.51. The summed E-state index contributed by atoms with van der Waals surface area (Å²) >= 11 is 11.8. The normalized spacial score (nSPS) is 12.3. The fourth-order valence-corrected chi connectivity index (χ4v) is 2.56. The van der Waals surface area contributed by atoms with Gasteiger partial charge in [0.1, 0.15) is 6.10 Å². The number of nitrogens with one attached hydrogen (secondary N) is 1. The second-order valence-corrected chi connectivity index (χ2v) is 5.66. The molecule has 0 saturated carbocycles. The lowest BCUT2D eigenvalue weighted by Gasteiger charge is -2.12. The van der Waals surface area contributed by atoms with E-state index in [-0.39, 0.29) is 0 Å². The standard InChI is InChI=1S/C17H13Cl2NO/c18-13-5-1-11(2-6-13)15-9-20-10-16(15)17(21)12-3-7-14(19)8-4-12/h1-10,17,20-21H/t17-/m0/s1. The van der Waals surface area contributed by atoms with Gasteiger partial charge in [-0.2, -0.15) is 0 Å². The topological polar surface area (TPSA) is 36.0 Å². The largest absolute Gasteiger partial charge is 0.384 e. The third-order valence-electron chi connectivity index (χ3n) is 3.41. The van der Waals surface area contributed by atoms with Crippen LogP contribution in [0.1, 0.15) is 17.2 Å². The zero-order valence-corrected chi connectivity index (χ0v) is 12.6. The van der Waals surface area contributed by atoms with E-state index in [9.17, 15) is 5.11 Å². The summed E-state index contributed by atoms with van der Waals surface area (Å²) in [7, 11) is 0. The Balaban J connectivity index is 1.98. The highest BCUT2D eigenvalue weighted by Crippen LogP contribution is 2.32. The van der Waals surface area contributed by atoms with Crippen LogP contribution in [0.3, 0.4) is 0 Å². The van der Waals surface area contributed by atoms with Crippen LogP contribution in [-0.2, 0) is 0 Å². The van der Waals surface area contributed by atoms with Crippen LogP contribution >= 0.6 is 23.2 Å². The van der Waals surface area contributed by atoms with Crippen LogP contribution in [0.15, 0.2) is 60.9 Å². The Morgan fingerprint density at radius 1 is 0.810 bits per heavy atom. The SMILES string of the molecule is O[C@@H](c1ccc(Cl)cc1)c1c[nH]cc1-c1ccc(Cl)cc1. The van der Waals surface area contributed by atoms with E-state index in [2.05, 4.69) is 4.98 Å².